The van der Waals surface area contributed by atoms with Crippen LogP contribution in [0.2, 0.25) is 0 Å². The number of methoxy groups -OCH3 is 3. The molecule has 0 bridgehead atoms. The maximum absolute atomic E-state index is 13.1. The van der Waals surface area contributed by atoms with Gasteiger partial charge in [-0.3, -0.25) is 4.79 Å². The van der Waals surface area contributed by atoms with Gasteiger partial charge in [0.05, 0.1) is 27.9 Å². The van der Waals surface area contributed by atoms with Crippen molar-refractivity contribution in [2.45, 2.75) is 25.3 Å². The summed E-state index contributed by atoms with van der Waals surface area (Å²) >= 11 is 0. The number of rotatable bonds is 10. The van der Waals surface area contributed by atoms with Crippen LogP contribution in [0.5, 0.6) is 17.2 Å². The van der Waals surface area contributed by atoms with Crippen molar-refractivity contribution in [3.8, 4) is 17.2 Å². The van der Waals surface area contributed by atoms with E-state index in [2.05, 4.69) is 5.32 Å². The Morgan fingerprint density at radius 3 is 2.20 bits per heavy atom. The molecule has 2 aromatic carbocycles. The summed E-state index contributed by atoms with van der Waals surface area (Å²) in [6, 6.07) is 10.2. The van der Waals surface area contributed by atoms with Gasteiger partial charge in [0.15, 0.2) is 11.5 Å². The van der Waals surface area contributed by atoms with E-state index in [4.69, 9.17) is 14.2 Å². The second-order valence-corrected chi connectivity index (χ2v) is 8.46. The molecule has 0 aliphatic rings. The molecule has 0 spiro atoms. The first-order valence-electron chi connectivity index (χ1n) is 9.39. The van der Waals surface area contributed by atoms with Crippen LogP contribution in [-0.4, -0.2) is 53.0 Å². The number of aryl methyl sites for hydroxylation is 1. The molecule has 0 unspecified atom stereocenters. The maximum atomic E-state index is 13.1. The fraction of sp³-hybridized carbons (Fsp3) is 0.381. The molecule has 0 fully saturated rings. The monoisotopic (exact) mass is 436 g/mol. The Hall–Kier alpha value is -2.78. The van der Waals surface area contributed by atoms with E-state index in [1.54, 1.807) is 57.4 Å². The van der Waals surface area contributed by atoms with E-state index in [-0.39, 0.29) is 30.3 Å². The van der Waals surface area contributed by atoms with Crippen LogP contribution in [0.1, 0.15) is 18.1 Å². The highest BCUT2D eigenvalue weighted by atomic mass is 32.2. The van der Waals surface area contributed by atoms with Crippen molar-refractivity contribution in [1.29, 1.82) is 0 Å². The van der Waals surface area contributed by atoms with Gasteiger partial charge in [-0.1, -0.05) is 19.1 Å². The Bertz CT molecular complexity index is 991. The third kappa shape index (κ3) is 5.43. The average molecular weight is 437 g/mol. The molecule has 164 valence electrons. The first-order valence-corrected chi connectivity index (χ1v) is 10.8. The van der Waals surface area contributed by atoms with Gasteiger partial charge in [-0.25, -0.2) is 8.42 Å². The lowest BCUT2D eigenvalue weighted by Crippen LogP contribution is -2.40. The van der Waals surface area contributed by atoms with E-state index in [0.29, 0.717) is 11.5 Å². The lowest BCUT2D eigenvalue weighted by Gasteiger charge is -2.21. The highest BCUT2D eigenvalue weighted by Gasteiger charge is 2.28. The van der Waals surface area contributed by atoms with Crippen LogP contribution in [0.25, 0.3) is 0 Å². The van der Waals surface area contributed by atoms with Gasteiger partial charge >= 0.3 is 0 Å². The molecule has 2 aromatic rings. The summed E-state index contributed by atoms with van der Waals surface area (Å²) in [5, 5.41) is 2.74. The van der Waals surface area contributed by atoms with Crippen molar-refractivity contribution in [3.63, 3.8) is 0 Å². The van der Waals surface area contributed by atoms with Crippen molar-refractivity contribution in [3.05, 3.63) is 47.5 Å². The number of hydrogen-bond donors (Lipinski definition) is 1. The molecule has 0 aliphatic heterocycles. The minimum absolute atomic E-state index is 0.0412. The van der Waals surface area contributed by atoms with Crippen molar-refractivity contribution in [2.75, 3.05) is 34.4 Å². The molecule has 0 saturated carbocycles. The topological polar surface area (TPSA) is 94.2 Å². The summed E-state index contributed by atoms with van der Waals surface area (Å²) in [4.78, 5) is 12.5. The SMILES string of the molecule is CCN(CC(=O)NCc1ccc(OC)c(OC)c1)S(=O)(=O)c1cc(C)ccc1OC. The number of carbonyl (C=O) groups excluding carboxylic acids is 1. The molecule has 9 heteroatoms. The van der Waals surface area contributed by atoms with Crippen LogP contribution in [0.3, 0.4) is 0 Å². The Labute approximate surface area is 177 Å². The Kier molecular flexibility index (Phi) is 8.08. The summed E-state index contributed by atoms with van der Waals surface area (Å²) in [6.07, 6.45) is 0. The number of benzene rings is 2. The summed E-state index contributed by atoms with van der Waals surface area (Å²) in [7, 11) is 0.585. The molecule has 1 N–H and O–H groups in total. The zero-order chi connectivity index (χ0) is 22.3. The minimum atomic E-state index is -3.90. The number of hydrogen-bond acceptors (Lipinski definition) is 6. The van der Waals surface area contributed by atoms with Gasteiger partial charge < -0.3 is 19.5 Å². The second-order valence-electron chi connectivity index (χ2n) is 6.55. The highest BCUT2D eigenvalue weighted by molar-refractivity contribution is 7.89. The number of nitrogens with zero attached hydrogens (tertiary/aromatic N) is 1. The molecule has 2 rings (SSSR count). The fourth-order valence-electron chi connectivity index (χ4n) is 2.90. The van der Waals surface area contributed by atoms with Gasteiger partial charge in [0.2, 0.25) is 15.9 Å². The molecule has 8 nitrogen and oxygen atoms in total. The third-order valence-corrected chi connectivity index (χ3v) is 6.49. The third-order valence-electron chi connectivity index (χ3n) is 4.55. The summed E-state index contributed by atoms with van der Waals surface area (Å²) in [5.41, 5.74) is 1.58. The van der Waals surface area contributed by atoms with Crippen molar-refractivity contribution in [1.82, 2.24) is 9.62 Å². The van der Waals surface area contributed by atoms with Crippen LogP contribution < -0.4 is 19.5 Å². The lowest BCUT2D eigenvalue weighted by molar-refractivity contribution is -0.121. The average Bonchev–Trinajstić information content (AvgIpc) is 2.75. The zero-order valence-electron chi connectivity index (χ0n) is 17.9. The first kappa shape index (κ1) is 23.5. The number of sulfonamides is 1. The van der Waals surface area contributed by atoms with E-state index in [9.17, 15) is 13.2 Å². The van der Waals surface area contributed by atoms with Gasteiger partial charge in [0.1, 0.15) is 10.6 Å². The summed E-state index contributed by atoms with van der Waals surface area (Å²) < 4.78 is 43.0. The smallest absolute Gasteiger partial charge is 0.247 e. The molecule has 0 saturated heterocycles. The lowest BCUT2D eigenvalue weighted by atomic mass is 10.2. The van der Waals surface area contributed by atoms with E-state index in [0.717, 1.165) is 15.4 Å². The van der Waals surface area contributed by atoms with Crippen LogP contribution in [0.15, 0.2) is 41.3 Å². The Morgan fingerprint density at radius 1 is 0.967 bits per heavy atom. The van der Waals surface area contributed by atoms with Gasteiger partial charge in [-0.15, -0.1) is 0 Å². The predicted octanol–water partition coefficient (Wildman–Crippen LogP) is 2.35. The molecule has 0 aliphatic carbocycles. The maximum Gasteiger partial charge on any atom is 0.247 e. The Morgan fingerprint density at radius 2 is 1.60 bits per heavy atom. The van der Waals surface area contributed by atoms with Crippen LogP contribution in [-0.2, 0) is 21.4 Å². The molecular weight excluding hydrogens is 408 g/mol. The molecule has 1 amide bonds. The summed E-state index contributed by atoms with van der Waals surface area (Å²) in [5.74, 6) is 0.961. The zero-order valence-corrected chi connectivity index (χ0v) is 18.7. The van der Waals surface area contributed by atoms with Crippen LogP contribution >= 0.6 is 0 Å². The number of likely N-dealkylation sites (N-methyl/N-ethyl adjacent to an activating group) is 1. The number of ether oxygens (including phenoxy) is 3. The van der Waals surface area contributed by atoms with E-state index in [1.165, 1.54) is 14.2 Å². The van der Waals surface area contributed by atoms with Crippen LogP contribution in [0, 0.1) is 6.92 Å². The van der Waals surface area contributed by atoms with Gasteiger partial charge in [-0.05, 0) is 42.3 Å². The normalized spacial score (nSPS) is 11.3. The van der Waals surface area contributed by atoms with Crippen molar-refractivity contribution in [2.24, 2.45) is 0 Å². The fourth-order valence-corrected chi connectivity index (χ4v) is 4.54. The van der Waals surface area contributed by atoms with E-state index < -0.39 is 15.9 Å². The molecule has 30 heavy (non-hydrogen) atoms. The predicted molar refractivity (Wildman–Crippen MR) is 114 cm³/mol. The van der Waals surface area contributed by atoms with Gasteiger partial charge in [0.25, 0.3) is 0 Å². The number of nitrogens with one attached hydrogen (secondary N) is 1. The number of carbonyl (C=O) groups is 1. The highest BCUT2D eigenvalue weighted by Crippen LogP contribution is 2.28. The minimum Gasteiger partial charge on any atom is -0.495 e. The first-order chi connectivity index (χ1) is 14.3. The molecule has 0 atom stereocenters. The molecule has 0 heterocycles. The standard InChI is InChI=1S/C21H28N2O6S/c1-6-23(30(25,26)20-11-15(2)7-9-18(20)28-4)14-21(24)22-13-16-8-10-17(27-3)19(12-16)29-5/h7-12H,6,13-14H2,1-5H3,(H,22,24). The van der Waals surface area contributed by atoms with Crippen molar-refractivity contribution >= 4 is 15.9 Å². The largest absolute Gasteiger partial charge is 0.495 e. The van der Waals surface area contributed by atoms with E-state index in [1.807, 2.05) is 0 Å². The molecule has 0 aromatic heterocycles. The van der Waals surface area contributed by atoms with Crippen molar-refractivity contribution < 1.29 is 27.4 Å². The van der Waals surface area contributed by atoms with Crippen LogP contribution in [0.4, 0.5) is 0 Å². The quantitative estimate of drug-likeness (QED) is 0.614. The second kappa shape index (κ2) is 10.3. The molecule has 0 radical (unpaired) electrons. The van der Waals surface area contributed by atoms with Gasteiger partial charge in [-0.2, -0.15) is 4.31 Å². The summed E-state index contributed by atoms with van der Waals surface area (Å²) in [6.45, 7) is 3.54. The molecular formula is C21H28N2O6S. The van der Waals surface area contributed by atoms with E-state index >= 15 is 0 Å². The Balaban J connectivity index is 2.12. The number of amides is 1. The van der Waals surface area contributed by atoms with Gasteiger partial charge in [0, 0.05) is 13.1 Å².